The third-order valence-electron chi connectivity index (χ3n) is 3.43. The van der Waals surface area contributed by atoms with E-state index in [0.717, 1.165) is 0 Å². The fraction of sp³-hybridized carbons (Fsp3) is 0.438. The summed E-state index contributed by atoms with van der Waals surface area (Å²) < 4.78 is 6.66. The van der Waals surface area contributed by atoms with Gasteiger partial charge in [-0.15, -0.1) is 5.10 Å². The third kappa shape index (κ3) is 4.52. The Labute approximate surface area is 145 Å². The van der Waals surface area contributed by atoms with Crippen LogP contribution >= 0.6 is 0 Å². The Balaban J connectivity index is 2.20. The zero-order chi connectivity index (χ0) is 18.6. The van der Waals surface area contributed by atoms with Crippen LogP contribution in [0, 0.1) is 12.8 Å². The number of nitrogens with two attached hydrogens (primary N) is 1. The zero-order valence-electron chi connectivity index (χ0n) is 14.7. The Hall–Kier alpha value is -2.97. The largest absolute Gasteiger partial charge is 0.449 e. The van der Waals surface area contributed by atoms with Crippen molar-refractivity contribution < 1.29 is 14.3 Å². The van der Waals surface area contributed by atoms with Crippen LogP contribution in [0.1, 0.15) is 37.0 Å². The fourth-order valence-corrected chi connectivity index (χ4v) is 2.08. The molecule has 0 bridgehead atoms. The van der Waals surface area contributed by atoms with Crippen molar-refractivity contribution >= 4 is 17.6 Å². The van der Waals surface area contributed by atoms with E-state index < -0.39 is 12.1 Å². The topological polar surface area (TPSA) is 125 Å². The van der Waals surface area contributed by atoms with Gasteiger partial charge in [-0.3, -0.25) is 4.79 Å². The number of ether oxygens (including phenoxy) is 1. The minimum atomic E-state index is -0.924. The second-order valence-electron chi connectivity index (χ2n) is 6.10. The van der Waals surface area contributed by atoms with Crippen LogP contribution in [0.4, 0.5) is 5.69 Å². The lowest BCUT2D eigenvalue weighted by Gasteiger charge is -2.16. The van der Waals surface area contributed by atoms with Crippen LogP contribution < -0.4 is 11.1 Å². The number of benzene rings is 1. The molecule has 0 aliphatic heterocycles. The van der Waals surface area contributed by atoms with Gasteiger partial charge >= 0.3 is 5.97 Å². The van der Waals surface area contributed by atoms with Crippen molar-refractivity contribution in [3.05, 3.63) is 29.6 Å². The van der Waals surface area contributed by atoms with Crippen LogP contribution in [0.15, 0.2) is 18.2 Å². The lowest BCUT2D eigenvalue weighted by molar-refractivity contribution is -0.129. The minimum Gasteiger partial charge on any atom is -0.449 e. The molecule has 25 heavy (non-hydrogen) atoms. The van der Waals surface area contributed by atoms with Gasteiger partial charge in [-0.2, -0.15) is 4.68 Å². The predicted molar refractivity (Wildman–Crippen MR) is 91.0 cm³/mol. The molecule has 9 nitrogen and oxygen atoms in total. The van der Waals surface area contributed by atoms with E-state index in [9.17, 15) is 9.59 Å². The lowest BCUT2D eigenvalue weighted by atomic mass is 10.1. The van der Waals surface area contributed by atoms with Gasteiger partial charge in [0.15, 0.2) is 11.9 Å². The molecule has 0 fully saturated rings. The average molecular weight is 346 g/mol. The molecule has 0 unspecified atom stereocenters. The summed E-state index contributed by atoms with van der Waals surface area (Å²) >= 11 is 0. The zero-order valence-corrected chi connectivity index (χ0v) is 14.7. The average Bonchev–Trinajstić information content (AvgIpc) is 2.98. The first kappa shape index (κ1) is 18.4. The number of nitrogens with zero attached hydrogens (tertiary/aromatic N) is 4. The predicted octanol–water partition coefficient (Wildman–Crippen LogP) is 0.870. The molecule has 0 radical (unpaired) electrons. The molecule has 2 rings (SSSR count). The summed E-state index contributed by atoms with van der Waals surface area (Å²) in [6.45, 7) is 7.68. The summed E-state index contributed by atoms with van der Waals surface area (Å²) in [4.78, 5) is 24.5. The van der Waals surface area contributed by atoms with Crippen molar-refractivity contribution in [2.45, 2.75) is 33.8 Å². The Morgan fingerprint density at radius 1 is 1.32 bits per heavy atom. The number of carbonyl (C=O) groups is 2. The Morgan fingerprint density at radius 3 is 2.64 bits per heavy atom. The molecular weight excluding hydrogens is 324 g/mol. The van der Waals surface area contributed by atoms with Crippen LogP contribution in [-0.4, -0.2) is 44.7 Å². The first-order valence-electron chi connectivity index (χ1n) is 7.93. The van der Waals surface area contributed by atoms with Gasteiger partial charge in [-0.1, -0.05) is 13.8 Å². The number of nitrogen functional groups attached to an aromatic ring is 1. The van der Waals surface area contributed by atoms with Crippen LogP contribution in [0.5, 0.6) is 0 Å². The normalized spacial score (nSPS) is 12.0. The van der Waals surface area contributed by atoms with E-state index in [-0.39, 0.29) is 11.5 Å². The Bertz CT molecular complexity index is 771. The summed E-state index contributed by atoms with van der Waals surface area (Å²) in [5.74, 6) is -0.213. The molecule has 0 saturated heterocycles. The van der Waals surface area contributed by atoms with E-state index in [2.05, 4.69) is 20.8 Å². The van der Waals surface area contributed by atoms with E-state index in [4.69, 9.17) is 10.5 Å². The molecule has 3 N–H and O–H groups in total. The van der Waals surface area contributed by atoms with Crippen molar-refractivity contribution in [3.63, 3.8) is 0 Å². The standard InChI is InChI=1S/C16H22N6O3/c1-9(2)8-18-15(23)10(3)25-16(24)13-6-5-12(17)7-14(13)22-11(4)19-20-21-22/h5-7,9-10H,8,17H2,1-4H3,(H,18,23)/t10-/m1/s1. The second-order valence-corrected chi connectivity index (χ2v) is 6.10. The van der Waals surface area contributed by atoms with Crippen molar-refractivity contribution in [3.8, 4) is 5.69 Å². The summed E-state index contributed by atoms with van der Waals surface area (Å²) in [5.41, 5.74) is 6.86. The molecule has 9 heteroatoms. The van der Waals surface area contributed by atoms with Gasteiger partial charge in [0.25, 0.3) is 5.91 Å². The number of aryl methyl sites for hydroxylation is 1. The maximum absolute atomic E-state index is 12.5. The number of esters is 1. The number of anilines is 1. The molecule has 1 heterocycles. The summed E-state index contributed by atoms with van der Waals surface area (Å²) in [6.07, 6.45) is -0.924. The number of rotatable bonds is 6. The van der Waals surface area contributed by atoms with E-state index in [1.54, 1.807) is 19.1 Å². The Kier molecular flexibility index (Phi) is 5.68. The molecular formula is C16H22N6O3. The highest BCUT2D eigenvalue weighted by atomic mass is 16.5. The lowest BCUT2D eigenvalue weighted by Crippen LogP contribution is -2.37. The molecule has 134 valence electrons. The molecule has 0 aliphatic rings. The number of nitrogens with one attached hydrogen (secondary N) is 1. The summed E-state index contributed by atoms with van der Waals surface area (Å²) in [6, 6.07) is 4.67. The van der Waals surface area contributed by atoms with Crippen molar-refractivity contribution in [1.82, 2.24) is 25.5 Å². The van der Waals surface area contributed by atoms with Crippen LogP contribution in [0.25, 0.3) is 5.69 Å². The summed E-state index contributed by atoms with van der Waals surface area (Å²) in [5, 5.41) is 13.9. The van der Waals surface area contributed by atoms with Gasteiger partial charge in [-0.05, 0) is 48.4 Å². The highest BCUT2D eigenvalue weighted by Crippen LogP contribution is 2.20. The first-order chi connectivity index (χ1) is 11.8. The number of amides is 1. The van der Waals surface area contributed by atoms with E-state index in [1.165, 1.54) is 17.7 Å². The first-order valence-corrected chi connectivity index (χ1v) is 7.93. The van der Waals surface area contributed by atoms with E-state index >= 15 is 0 Å². The van der Waals surface area contributed by atoms with Crippen LogP contribution in [0.2, 0.25) is 0 Å². The fourth-order valence-electron chi connectivity index (χ4n) is 2.08. The maximum atomic E-state index is 12.5. The molecule has 0 saturated carbocycles. The highest BCUT2D eigenvalue weighted by Gasteiger charge is 2.22. The maximum Gasteiger partial charge on any atom is 0.341 e. The van der Waals surface area contributed by atoms with Crippen LogP contribution in [-0.2, 0) is 9.53 Å². The van der Waals surface area contributed by atoms with Gasteiger partial charge < -0.3 is 15.8 Å². The molecule has 0 aliphatic carbocycles. The SMILES string of the molecule is Cc1nnnn1-c1cc(N)ccc1C(=O)O[C@H](C)C(=O)NCC(C)C. The van der Waals surface area contributed by atoms with E-state index in [0.29, 0.717) is 29.7 Å². The number of hydrogen-bond acceptors (Lipinski definition) is 7. The van der Waals surface area contributed by atoms with E-state index in [1.807, 2.05) is 13.8 Å². The van der Waals surface area contributed by atoms with Gasteiger partial charge in [0.1, 0.15) is 0 Å². The molecule has 1 aromatic carbocycles. The third-order valence-corrected chi connectivity index (χ3v) is 3.43. The van der Waals surface area contributed by atoms with Gasteiger partial charge in [0, 0.05) is 12.2 Å². The Morgan fingerprint density at radius 2 is 2.04 bits per heavy atom. The van der Waals surface area contributed by atoms with Crippen LogP contribution in [0.3, 0.4) is 0 Å². The van der Waals surface area contributed by atoms with Gasteiger partial charge in [-0.25, -0.2) is 4.79 Å². The monoisotopic (exact) mass is 346 g/mol. The number of aromatic nitrogens is 4. The quantitative estimate of drug-likeness (QED) is 0.587. The summed E-state index contributed by atoms with van der Waals surface area (Å²) in [7, 11) is 0. The number of hydrogen-bond donors (Lipinski definition) is 2. The van der Waals surface area contributed by atoms with Crippen molar-refractivity contribution in [2.75, 3.05) is 12.3 Å². The number of carbonyl (C=O) groups excluding carboxylic acids is 2. The molecule has 1 amide bonds. The van der Waals surface area contributed by atoms with Gasteiger partial charge in [0.05, 0.1) is 11.3 Å². The molecule has 1 aromatic heterocycles. The highest BCUT2D eigenvalue weighted by molar-refractivity contribution is 5.96. The molecule has 2 aromatic rings. The molecule has 1 atom stereocenters. The molecule has 0 spiro atoms. The smallest absolute Gasteiger partial charge is 0.341 e. The second kappa shape index (κ2) is 7.73. The number of tetrazole rings is 1. The van der Waals surface area contributed by atoms with Crippen molar-refractivity contribution in [1.29, 1.82) is 0 Å². The van der Waals surface area contributed by atoms with Crippen molar-refractivity contribution in [2.24, 2.45) is 5.92 Å². The van der Waals surface area contributed by atoms with Gasteiger partial charge in [0.2, 0.25) is 0 Å². The minimum absolute atomic E-state index is 0.216.